The average Bonchev–Trinajstić information content (AvgIpc) is 2.83. The maximum atomic E-state index is 4.61. The predicted octanol–water partition coefficient (Wildman–Crippen LogP) is 3.76. The van der Waals surface area contributed by atoms with Gasteiger partial charge in [0.15, 0.2) is 5.65 Å². The Kier molecular flexibility index (Phi) is 3.22. The molecule has 0 spiro atoms. The number of anilines is 1. The lowest BCUT2D eigenvalue weighted by atomic mass is 10.1. The highest BCUT2D eigenvalue weighted by molar-refractivity contribution is 9.10. The molecule has 0 aliphatic rings. The molecule has 5 heteroatoms. The number of nitrogens with zero attached hydrogens (tertiary/aromatic N) is 3. The van der Waals surface area contributed by atoms with Crippen LogP contribution in [0.15, 0.2) is 34.8 Å². The number of halogens is 1. The van der Waals surface area contributed by atoms with Gasteiger partial charge < -0.3 is 9.88 Å². The van der Waals surface area contributed by atoms with E-state index in [2.05, 4.69) is 49.9 Å². The molecular formula is C15H15BrN4. The molecule has 0 aliphatic heterocycles. The second kappa shape index (κ2) is 4.90. The van der Waals surface area contributed by atoms with Crippen molar-refractivity contribution in [2.45, 2.75) is 6.92 Å². The molecule has 0 unspecified atom stereocenters. The van der Waals surface area contributed by atoms with Crippen LogP contribution in [-0.2, 0) is 0 Å². The quantitative estimate of drug-likeness (QED) is 0.778. The van der Waals surface area contributed by atoms with Crippen molar-refractivity contribution in [3.8, 4) is 11.4 Å². The number of hydrogen-bond acceptors (Lipinski definition) is 3. The lowest BCUT2D eigenvalue weighted by Crippen LogP contribution is -2.10. The molecule has 0 aliphatic carbocycles. The number of aromatic nitrogens is 3. The third kappa shape index (κ3) is 2.29. The molecule has 4 nitrogen and oxygen atoms in total. The summed E-state index contributed by atoms with van der Waals surface area (Å²) in [5, 5.41) is 0. The van der Waals surface area contributed by atoms with Crippen molar-refractivity contribution in [3.05, 3.63) is 40.4 Å². The Morgan fingerprint density at radius 3 is 2.65 bits per heavy atom. The summed E-state index contributed by atoms with van der Waals surface area (Å²) in [5.41, 5.74) is 3.96. The van der Waals surface area contributed by atoms with Gasteiger partial charge in [0.25, 0.3) is 0 Å². The van der Waals surface area contributed by atoms with E-state index in [1.165, 1.54) is 5.56 Å². The largest absolute Gasteiger partial charge is 0.363 e. The first-order valence-corrected chi connectivity index (χ1v) is 7.14. The van der Waals surface area contributed by atoms with Crippen LogP contribution >= 0.6 is 15.9 Å². The van der Waals surface area contributed by atoms with Crippen molar-refractivity contribution in [1.82, 2.24) is 15.0 Å². The number of rotatable bonds is 2. The number of imidazole rings is 1. The molecule has 3 rings (SSSR count). The van der Waals surface area contributed by atoms with Crippen LogP contribution in [0.2, 0.25) is 0 Å². The molecule has 0 radical (unpaired) electrons. The monoisotopic (exact) mass is 330 g/mol. The zero-order chi connectivity index (χ0) is 14.3. The van der Waals surface area contributed by atoms with Gasteiger partial charge in [-0.25, -0.2) is 9.97 Å². The molecule has 1 N–H and O–H groups in total. The standard InChI is InChI=1S/C15H15BrN4/c1-9-4-5-10(16)8-11(9)14-17-12-6-7-13(20(2)3)18-15(12)19-14/h4-8H,1-3H3,(H,17,18,19). The van der Waals surface area contributed by atoms with Gasteiger partial charge in [-0.15, -0.1) is 0 Å². The van der Waals surface area contributed by atoms with Crippen molar-refractivity contribution in [2.75, 3.05) is 19.0 Å². The van der Waals surface area contributed by atoms with Gasteiger partial charge in [0.1, 0.15) is 11.6 Å². The van der Waals surface area contributed by atoms with E-state index in [-0.39, 0.29) is 0 Å². The highest BCUT2D eigenvalue weighted by atomic mass is 79.9. The van der Waals surface area contributed by atoms with Gasteiger partial charge in [-0.2, -0.15) is 0 Å². The molecule has 2 aromatic heterocycles. The van der Waals surface area contributed by atoms with Crippen molar-refractivity contribution in [3.63, 3.8) is 0 Å². The van der Waals surface area contributed by atoms with E-state index < -0.39 is 0 Å². The summed E-state index contributed by atoms with van der Waals surface area (Å²) in [4.78, 5) is 14.5. The first kappa shape index (κ1) is 13.1. The van der Waals surface area contributed by atoms with Gasteiger partial charge in [-0.3, -0.25) is 0 Å². The van der Waals surface area contributed by atoms with Gasteiger partial charge >= 0.3 is 0 Å². The molecule has 0 bridgehead atoms. The number of nitrogens with one attached hydrogen (secondary N) is 1. The second-order valence-electron chi connectivity index (χ2n) is 4.98. The third-order valence-corrected chi connectivity index (χ3v) is 3.74. The van der Waals surface area contributed by atoms with Crippen LogP contribution in [0, 0.1) is 6.92 Å². The number of pyridine rings is 1. The van der Waals surface area contributed by atoms with Gasteiger partial charge in [0.2, 0.25) is 0 Å². The fourth-order valence-electron chi connectivity index (χ4n) is 2.11. The summed E-state index contributed by atoms with van der Waals surface area (Å²) in [6.45, 7) is 2.08. The molecule has 0 fully saturated rings. The fourth-order valence-corrected chi connectivity index (χ4v) is 2.47. The van der Waals surface area contributed by atoms with E-state index >= 15 is 0 Å². The molecule has 1 aromatic carbocycles. The number of hydrogen-bond donors (Lipinski definition) is 1. The smallest absolute Gasteiger partial charge is 0.180 e. The normalized spacial score (nSPS) is 11.0. The van der Waals surface area contributed by atoms with E-state index in [1.807, 2.05) is 37.2 Å². The number of aryl methyl sites for hydroxylation is 1. The van der Waals surface area contributed by atoms with Crippen LogP contribution in [0.1, 0.15) is 5.56 Å². The first-order chi connectivity index (χ1) is 9.54. The SMILES string of the molecule is Cc1ccc(Br)cc1-c1nc2nc(N(C)C)ccc2[nH]1. The van der Waals surface area contributed by atoms with E-state index in [4.69, 9.17) is 0 Å². The maximum absolute atomic E-state index is 4.61. The minimum atomic E-state index is 0.741. The van der Waals surface area contributed by atoms with Gasteiger partial charge in [-0.1, -0.05) is 22.0 Å². The van der Waals surface area contributed by atoms with Crippen LogP contribution in [0.25, 0.3) is 22.6 Å². The average molecular weight is 331 g/mol. The van der Waals surface area contributed by atoms with E-state index in [0.29, 0.717) is 0 Å². The van der Waals surface area contributed by atoms with Crippen LogP contribution < -0.4 is 4.90 Å². The summed E-state index contributed by atoms with van der Waals surface area (Å²) in [7, 11) is 3.94. The second-order valence-corrected chi connectivity index (χ2v) is 5.90. The molecular weight excluding hydrogens is 316 g/mol. The summed E-state index contributed by atoms with van der Waals surface area (Å²) in [6, 6.07) is 10.2. The van der Waals surface area contributed by atoms with Crippen LogP contribution in [0.3, 0.4) is 0 Å². The zero-order valence-corrected chi connectivity index (χ0v) is 13.2. The third-order valence-electron chi connectivity index (χ3n) is 3.24. The number of aromatic amines is 1. The maximum Gasteiger partial charge on any atom is 0.180 e. The van der Waals surface area contributed by atoms with E-state index in [0.717, 1.165) is 32.8 Å². The van der Waals surface area contributed by atoms with Gasteiger partial charge in [0, 0.05) is 24.1 Å². The molecule has 0 saturated carbocycles. The van der Waals surface area contributed by atoms with E-state index in [9.17, 15) is 0 Å². The van der Waals surface area contributed by atoms with Gasteiger partial charge in [0.05, 0.1) is 5.52 Å². The molecule has 2 heterocycles. The lowest BCUT2D eigenvalue weighted by molar-refractivity contribution is 1.08. The summed E-state index contributed by atoms with van der Waals surface area (Å²) in [6.07, 6.45) is 0. The molecule has 20 heavy (non-hydrogen) atoms. The van der Waals surface area contributed by atoms with Crippen LogP contribution in [0.4, 0.5) is 5.82 Å². The van der Waals surface area contributed by atoms with Gasteiger partial charge in [-0.05, 0) is 36.8 Å². The topological polar surface area (TPSA) is 44.8 Å². The summed E-state index contributed by atoms with van der Waals surface area (Å²) < 4.78 is 1.04. The minimum absolute atomic E-state index is 0.741. The Labute approximate surface area is 126 Å². The van der Waals surface area contributed by atoms with Crippen LogP contribution in [0.5, 0.6) is 0 Å². The highest BCUT2D eigenvalue weighted by Crippen LogP contribution is 2.26. The predicted molar refractivity (Wildman–Crippen MR) is 86.1 cm³/mol. The summed E-state index contributed by atoms with van der Waals surface area (Å²) in [5.74, 6) is 1.75. The Morgan fingerprint density at radius 1 is 1.10 bits per heavy atom. The first-order valence-electron chi connectivity index (χ1n) is 6.35. The molecule has 102 valence electrons. The molecule has 3 aromatic rings. The summed E-state index contributed by atoms with van der Waals surface area (Å²) >= 11 is 3.50. The minimum Gasteiger partial charge on any atom is -0.363 e. The number of H-pyrrole nitrogens is 1. The van der Waals surface area contributed by atoms with Crippen LogP contribution in [-0.4, -0.2) is 29.0 Å². The highest BCUT2D eigenvalue weighted by Gasteiger charge is 2.10. The van der Waals surface area contributed by atoms with Crippen molar-refractivity contribution >= 4 is 32.9 Å². The van der Waals surface area contributed by atoms with Crippen molar-refractivity contribution < 1.29 is 0 Å². The fraction of sp³-hybridized carbons (Fsp3) is 0.200. The Balaban J connectivity index is 2.15. The zero-order valence-electron chi connectivity index (χ0n) is 11.6. The van der Waals surface area contributed by atoms with E-state index in [1.54, 1.807) is 0 Å². The Bertz CT molecular complexity index is 777. The number of fused-ring (bicyclic) bond motifs is 1. The molecule has 0 amide bonds. The number of benzene rings is 1. The van der Waals surface area contributed by atoms with Crippen molar-refractivity contribution in [2.24, 2.45) is 0 Å². The Morgan fingerprint density at radius 2 is 1.90 bits per heavy atom. The Hall–Kier alpha value is -1.88. The lowest BCUT2D eigenvalue weighted by Gasteiger charge is -2.09. The molecule has 0 atom stereocenters. The van der Waals surface area contributed by atoms with Crippen molar-refractivity contribution in [1.29, 1.82) is 0 Å². The molecule has 0 saturated heterocycles.